The third kappa shape index (κ3) is 10.5. The van der Waals surface area contributed by atoms with Crippen LogP contribution in [-0.4, -0.2) is 38.9 Å². The maximum Gasteiger partial charge on any atom is 0.147 e. The zero-order valence-corrected chi connectivity index (χ0v) is 11.4. The first-order valence-corrected chi connectivity index (χ1v) is 7.91. The van der Waals surface area contributed by atoms with Crippen LogP contribution in [0.2, 0.25) is 0 Å². The first-order valence-electron chi connectivity index (χ1n) is 5.32. The molecule has 0 spiro atoms. The first kappa shape index (κ1) is 15.2. The Labute approximate surface area is 98.5 Å². The summed E-state index contributed by atoms with van der Waals surface area (Å²) in [5.74, 6) is 1.43. The summed E-state index contributed by atoms with van der Waals surface area (Å²) in [6, 6.07) is 0.297. The van der Waals surface area contributed by atoms with Crippen molar-refractivity contribution >= 4 is 21.4 Å². The Bertz CT molecular complexity index is 252. The summed E-state index contributed by atoms with van der Waals surface area (Å²) in [6.07, 6.45) is 2.95. The van der Waals surface area contributed by atoms with Crippen LogP contribution in [0.25, 0.3) is 0 Å². The van der Waals surface area contributed by atoms with Gasteiger partial charge >= 0.3 is 0 Å². The minimum Gasteiger partial charge on any atom is -0.313 e. The van der Waals surface area contributed by atoms with E-state index < -0.39 is 9.84 Å². The van der Waals surface area contributed by atoms with Crippen molar-refractivity contribution < 1.29 is 8.42 Å². The zero-order valence-electron chi connectivity index (χ0n) is 9.79. The number of sulfone groups is 1. The van der Waals surface area contributed by atoms with Crippen LogP contribution in [0.4, 0.5) is 0 Å². The quantitative estimate of drug-likeness (QED) is 0.530. The van der Waals surface area contributed by atoms with Gasteiger partial charge in [-0.15, -0.1) is 11.6 Å². The summed E-state index contributed by atoms with van der Waals surface area (Å²) < 4.78 is 21.7. The molecule has 92 valence electrons. The molecule has 0 heterocycles. The van der Waals surface area contributed by atoms with Crippen LogP contribution in [0.3, 0.4) is 0 Å². The van der Waals surface area contributed by atoms with Gasteiger partial charge in [0.1, 0.15) is 9.84 Å². The summed E-state index contributed by atoms with van der Waals surface area (Å²) in [6.45, 7) is 5.02. The Kier molecular flexibility index (Phi) is 7.57. The molecule has 0 amide bonds. The molecule has 0 aromatic rings. The minimum atomic E-state index is -2.82. The van der Waals surface area contributed by atoms with Gasteiger partial charge in [0, 0.05) is 18.2 Å². The molecule has 3 nitrogen and oxygen atoms in total. The third-order valence-corrected chi connectivity index (χ3v) is 3.47. The summed E-state index contributed by atoms with van der Waals surface area (Å²) >= 11 is 5.80. The Hall–Kier alpha value is 0.200. The molecule has 0 aliphatic carbocycles. The molecule has 1 atom stereocenters. The van der Waals surface area contributed by atoms with Crippen molar-refractivity contribution in [2.45, 2.75) is 32.7 Å². The molecule has 15 heavy (non-hydrogen) atoms. The van der Waals surface area contributed by atoms with E-state index in [0.717, 1.165) is 13.0 Å². The molecule has 0 aromatic carbocycles. The molecule has 0 aromatic heterocycles. The Morgan fingerprint density at radius 2 is 1.93 bits per heavy atom. The fraction of sp³-hybridized carbons (Fsp3) is 1.00. The molecule has 1 unspecified atom stereocenters. The summed E-state index contributed by atoms with van der Waals surface area (Å²) in [5, 5.41) is 3.28. The summed E-state index contributed by atoms with van der Waals surface area (Å²) in [7, 11) is -2.82. The van der Waals surface area contributed by atoms with Crippen molar-refractivity contribution in [2.75, 3.05) is 24.4 Å². The fourth-order valence-electron chi connectivity index (χ4n) is 1.41. The second-order valence-electron chi connectivity index (χ2n) is 4.42. The first-order chi connectivity index (χ1) is 6.85. The highest BCUT2D eigenvalue weighted by Crippen LogP contribution is 2.06. The summed E-state index contributed by atoms with van der Waals surface area (Å²) in [4.78, 5) is 0. The molecule has 0 bridgehead atoms. The second kappa shape index (κ2) is 7.47. The molecular formula is C10H22ClNO2S. The van der Waals surface area contributed by atoms with Crippen LogP contribution in [-0.2, 0) is 9.84 Å². The SMILES string of the molecule is CC(C)CC(CCl)NCCCS(C)(=O)=O. The second-order valence-corrected chi connectivity index (χ2v) is 6.99. The van der Waals surface area contributed by atoms with Crippen LogP contribution in [0, 0.1) is 5.92 Å². The largest absolute Gasteiger partial charge is 0.313 e. The van der Waals surface area contributed by atoms with Crippen LogP contribution in [0.1, 0.15) is 26.7 Å². The molecule has 0 saturated heterocycles. The van der Waals surface area contributed by atoms with Gasteiger partial charge < -0.3 is 5.32 Å². The van der Waals surface area contributed by atoms with Crippen molar-refractivity contribution in [1.82, 2.24) is 5.32 Å². The van der Waals surface area contributed by atoms with Gasteiger partial charge in [-0.3, -0.25) is 0 Å². The molecule has 1 N–H and O–H groups in total. The molecular weight excluding hydrogens is 234 g/mol. The topological polar surface area (TPSA) is 46.2 Å². The van der Waals surface area contributed by atoms with E-state index in [1.807, 2.05) is 0 Å². The maximum absolute atomic E-state index is 10.9. The van der Waals surface area contributed by atoms with E-state index in [1.165, 1.54) is 6.26 Å². The van der Waals surface area contributed by atoms with Crippen LogP contribution < -0.4 is 5.32 Å². The number of nitrogens with one attached hydrogen (secondary N) is 1. The van der Waals surface area contributed by atoms with Gasteiger partial charge in [-0.25, -0.2) is 8.42 Å². The van der Waals surface area contributed by atoms with Crippen molar-refractivity contribution in [1.29, 1.82) is 0 Å². The molecule has 0 saturated carbocycles. The molecule has 5 heteroatoms. The highest BCUT2D eigenvalue weighted by molar-refractivity contribution is 7.90. The predicted molar refractivity (Wildman–Crippen MR) is 66.3 cm³/mol. The van der Waals surface area contributed by atoms with E-state index in [1.54, 1.807) is 0 Å². The fourth-order valence-corrected chi connectivity index (χ4v) is 2.31. The number of hydrogen-bond donors (Lipinski definition) is 1. The maximum atomic E-state index is 10.9. The van der Waals surface area contributed by atoms with E-state index in [-0.39, 0.29) is 5.75 Å². The van der Waals surface area contributed by atoms with Crippen LogP contribution in [0.5, 0.6) is 0 Å². The highest BCUT2D eigenvalue weighted by Gasteiger charge is 2.09. The predicted octanol–water partition coefficient (Wildman–Crippen LogP) is 1.66. The zero-order chi connectivity index (χ0) is 11.9. The normalized spacial score (nSPS) is 14.5. The third-order valence-electron chi connectivity index (χ3n) is 2.07. The minimum absolute atomic E-state index is 0.247. The number of hydrogen-bond acceptors (Lipinski definition) is 3. The monoisotopic (exact) mass is 255 g/mol. The van der Waals surface area contributed by atoms with Crippen molar-refractivity contribution in [2.24, 2.45) is 5.92 Å². The lowest BCUT2D eigenvalue weighted by atomic mass is 10.1. The van der Waals surface area contributed by atoms with E-state index >= 15 is 0 Å². The standard InChI is InChI=1S/C10H22ClNO2S/c1-9(2)7-10(8-11)12-5-4-6-15(3,13)14/h9-10,12H,4-8H2,1-3H3. The summed E-state index contributed by atoms with van der Waals surface area (Å²) in [5.41, 5.74) is 0. The van der Waals surface area contributed by atoms with E-state index in [0.29, 0.717) is 24.3 Å². The average Bonchev–Trinajstić information content (AvgIpc) is 2.08. The highest BCUT2D eigenvalue weighted by atomic mass is 35.5. The van der Waals surface area contributed by atoms with Crippen molar-refractivity contribution in [3.63, 3.8) is 0 Å². The number of rotatable bonds is 8. The molecule has 0 rings (SSSR count). The lowest BCUT2D eigenvalue weighted by Gasteiger charge is -2.17. The van der Waals surface area contributed by atoms with Crippen LogP contribution >= 0.6 is 11.6 Å². The Morgan fingerprint density at radius 3 is 2.33 bits per heavy atom. The smallest absolute Gasteiger partial charge is 0.147 e. The van der Waals surface area contributed by atoms with Crippen molar-refractivity contribution in [3.8, 4) is 0 Å². The average molecular weight is 256 g/mol. The molecule has 0 aliphatic heterocycles. The lowest BCUT2D eigenvalue weighted by molar-refractivity contribution is 0.446. The van der Waals surface area contributed by atoms with Gasteiger partial charge in [-0.2, -0.15) is 0 Å². The van der Waals surface area contributed by atoms with E-state index in [4.69, 9.17) is 11.6 Å². The van der Waals surface area contributed by atoms with Gasteiger partial charge in [-0.05, 0) is 25.3 Å². The van der Waals surface area contributed by atoms with Crippen molar-refractivity contribution in [3.05, 3.63) is 0 Å². The van der Waals surface area contributed by atoms with Gasteiger partial charge in [-0.1, -0.05) is 13.8 Å². The Balaban J connectivity index is 3.64. The molecule has 0 radical (unpaired) electrons. The van der Waals surface area contributed by atoms with Gasteiger partial charge in [0.25, 0.3) is 0 Å². The van der Waals surface area contributed by atoms with E-state index in [2.05, 4.69) is 19.2 Å². The van der Waals surface area contributed by atoms with Gasteiger partial charge in [0.2, 0.25) is 0 Å². The van der Waals surface area contributed by atoms with Gasteiger partial charge in [0.15, 0.2) is 0 Å². The number of halogens is 1. The molecule has 0 fully saturated rings. The number of alkyl halides is 1. The lowest BCUT2D eigenvalue weighted by Crippen LogP contribution is -2.33. The molecule has 0 aliphatic rings. The van der Waals surface area contributed by atoms with E-state index in [9.17, 15) is 8.42 Å². The Morgan fingerprint density at radius 1 is 1.33 bits per heavy atom. The van der Waals surface area contributed by atoms with Crippen LogP contribution in [0.15, 0.2) is 0 Å². The van der Waals surface area contributed by atoms with Gasteiger partial charge in [0.05, 0.1) is 5.75 Å².